The fourth-order valence-electron chi connectivity index (χ4n) is 4.25. The summed E-state index contributed by atoms with van der Waals surface area (Å²) < 4.78 is 48.2. The number of fused-ring (bicyclic) bond motifs is 1. The fourth-order valence-corrected chi connectivity index (χ4v) is 5.30. The number of nitrogens with two attached hydrogens (primary N) is 1. The van der Waals surface area contributed by atoms with Crippen molar-refractivity contribution in [1.29, 1.82) is 0 Å². The Hall–Kier alpha value is -3.66. The minimum absolute atomic E-state index is 0.192. The third-order valence-electron chi connectivity index (χ3n) is 6.04. The molecule has 196 valence electrons. The maximum Gasteiger partial charge on any atom is 0.149 e. The van der Waals surface area contributed by atoms with Gasteiger partial charge in [-0.15, -0.1) is 0 Å². The van der Waals surface area contributed by atoms with E-state index in [1.54, 1.807) is 36.5 Å². The van der Waals surface area contributed by atoms with Crippen LogP contribution in [-0.4, -0.2) is 33.3 Å². The SMILES string of the molecule is CS(=O)(=O)CC(N)c1ccc(-c2ccc3c(c2)C=NCN3c2ccc(OCc3cccc(F)c3)c(Cl)c2)o1. The Balaban J connectivity index is 1.34. The lowest BCUT2D eigenvalue weighted by Gasteiger charge is -2.28. The molecule has 0 spiro atoms. The lowest BCUT2D eigenvalue weighted by atomic mass is 10.1. The van der Waals surface area contributed by atoms with Crippen LogP contribution in [0.25, 0.3) is 11.3 Å². The highest BCUT2D eigenvalue weighted by Crippen LogP contribution is 2.37. The van der Waals surface area contributed by atoms with E-state index in [4.69, 9.17) is 26.5 Å². The molecular weight excluding hydrogens is 529 g/mol. The first-order valence-corrected chi connectivity index (χ1v) is 14.2. The maximum absolute atomic E-state index is 13.4. The van der Waals surface area contributed by atoms with Crippen molar-refractivity contribution in [1.82, 2.24) is 0 Å². The first-order valence-electron chi connectivity index (χ1n) is 11.8. The van der Waals surface area contributed by atoms with Crippen LogP contribution in [0.4, 0.5) is 15.8 Å². The Morgan fingerprint density at radius 1 is 1.13 bits per heavy atom. The topological polar surface area (TPSA) is 98.1 Å². The van der Waals surface area contributed by atoms with Gasteiger partial charge in [0.2, 0.25) is 0 Å². The lowest BCUT2D eigenvalue weighted by Crippen LogP contribution is -2.22. The number of anilines is 2. The van der Waals surface area contributed by atoms with Crippen molar-refractivity contribution in [3.05, 3.63) is 101 Å². The number of benzene rings is 3. The van der Waals surface area contributed by atoms with Gasteiger partial charge in [0.25, 0.3) is 0 Å². The Bertz CT molecular complexity index is 1620. The van der Waals surface area contributed by atoms with Crippen LogP contribution in [0.5, 0.6) is 5.75 Å². The molecule has 2 N–H and O–H groups in total. The summed E-state index contributed by atoms with van der Waals surface area (Å²) in [6.07, 6.45) is 2.94. The molecule has 5 rings (SSSR count). The van der Waals surface area contributed by atoms with E-state index < -0.39 is 15.9 Å². The third kappa shape index (κ3) is 5.91. The molecule has 0 fully saturated rings. The molecule has 0 amide bonds. The van der Waals surface area contributed by atoms with E-state index in [1.807, 2.05) is 35.2 Å². The van der Waals surface area contributed by atoms with Crippen molar-refractivity contribution < 1.29 is 22.0 Å². The molecule has 0 saturated heterocycles. The summed E-state index contributed by atoms with van der Waals surface area (Å²) in [5.41, 5.74) is 10.2. The average Bonchev–Trinajstić information content (AvgIpc) is 3.37. The smallest absolute Gasteiger partial charge is 0.149 e. The van der Waals surface area contributed by atoms with Gasteiger partial charge in [-0.2, -0.15) is 0 Å². The van der Waals surface area contributed by atoms with Gasteiger partial charge in [-0.1, -0.05) is 23.7 Å². The minimum Gasteiger partial charge on any atom is -0.487 e. The molecular formula is C28H25ClFN3O4S. The van der Waals surface area contributed by atoms with Gasteiger partial charge in [-0.25, -0.2) is 12.8 Å². The number of nitrogens with zero attached hydrogens (tertiary/aromatic N) is 2. The number of halogens is 2. The predicted octanol–water partition coefficient (Wildman–Crippen LogP) is 5.89. The second-order valence-electron chi connectivity index (χ2n) is 9.09. The van der Waals surface area contributed by atoms with Gasteiger partial charge in [0.1, 0.15) is 46.2 Å². The second kappa shape index (κ2) is 10.6. The molecule has 1 unspecified atom stereocenters. The first-order chi connectivity index (χ1) is 18.2. The fraction of sp³-hybridized carbons (Fsp3) is 0.179. The molecule has 1 aromatic heterocycles. The number of hydrogen-bond acceptors (Lipinski definition) is 7. The number of sulfone groups is 1. The van der Waals surface area contributed by atoms with Crippen molar-refractivity contribution >= 4 is 39.0 Å². The normalized spacial score (nSPS) is 13.8. The number of ether oxygens (including phenoxy) is 1. The quantitative estimate of drug-likeness (QED) is 0.292. The van der Waals surface area contributed by atoms with E-state index in [2.05, 4.69) is 4.99 Å². The summed E-state index contributed by atoms with van der Waals surface area (Å²) in [6, 6.07) is 20.3. The van der Waals surface area contributed by atoms with Crippen molar-refractivity contribution in [3.63, 3.8) is 0 Å². The van der Waals surface area contributed by atoms with Crippen LogP contribution in [0.1, 0.15) is 22.9 Å². The predicted molar refractivity (Wildman–Crippen MR) is 148 cm³/mol. The van der Waals surface area contributed by atoms with Gasteiger partial charge in [-0.05, 0) is 66.2 Å². The van der Waals surface area contributed by atoms with E-state index in [-0.39, 0.29) is 18.2 Å². The van der Waals surface area contributed by atoms with E-state index in [1.165, 1.54) is 12.1 Å². The van der Waals surface area contributed by atoms with E-state index in [9.17, 15) is 12.8 Å². The van der Waals surface area contributed by atoms with Gasteiger partial charge in [0, 0.05) is 29.3 Å². The average molecular weight is 554 g/mol. The summed E-state index contributed by atoms with van der Waals surface area (Å²) in [6.45, 7) is 0.613. The van der Waals surface area contributed by atoms with E-state index >= 15 is 0 Å². The Morgan fingerprint density at radius 2 is 1.97 bits per heavy atom. The molecule has 0 aliphatic carbocycles. The highest BCUT2D eigenvalue weighted by Gasteiger charge is 2.20. The van der Waals surface area contributed by atoms with E-state index in [0.717, 1.165) is 28.8 Å². The van der Waals surface area contributed by atoms with Gasteiger partial charge >= 0.3 is 0 Å². The van der Waals surface area contributed by atoms with Crippen LogP contribution in [0.3, 0.4) is 0 Å². The molecule has 0 saturated carbocycles. The summed E-state index contributed by atoms with van der Waals surface area (Å²) >= 11 is 6.52. The van der Waals surface area contributed by atoms with Crippen LogP contribution >= 0.6 is 11.6 Å². The molecule has 7 nitrogen and oxygen atoms in total. The molecule has 1 aliphatic heterocycles. The van der Waals surface area contributed by atoms with Crippen LogP contribution < -0.4 is 15.4 Å². The zero-order valence-electron chi connectivity index (χ0n) is 20.5. The van der Waals surface area contributed by atoms with Gasteiger partial charge in [-0.3, -0.25) is 4.99 Å². The van der Waals surface area contributed by atoms with E-state index in [0.29, 0.717) is 34.5 Å². The van der Waals surface area contributed by atoms with Crippen LogP contribution in [-0.2, 0) is 16.4 Å². The molecule has 38 heavy (non-hydrogen) atoms. The van der Waals surface area contributed by atoms with Crippen molar-refractivity contribution in [2.24, 2.45) is 10.7 Å². The molecule has 4 aromatic rings. The maximum atomic E-state index is 13.4. The number of aliphatic imine (C=N–C) groups is 1. The monoisotopic (exact) mass is 553 g/mol. The first kappa shape index (κ1) is 26.0. The molecule has 2 heterocycles. The van der Waals surface area contributed by atoms with Crippen molar-refractivity contribution in [2.75, 3.05) is 23.6 Å². The lowest BCUT2D eigenvalue weighted by molar-refractivity contribution is 0.306. The molecule has 0 bridgehead atoms. The zero-order chi connectivity index (χ0) is 26.9. The minimum atomic E-state index is -3.23. The Labute approximate surface area is 225 Å². The molecule has 3 aromatic carbocycles. The molecule has 1 aliphatic rings. The summed E-state index contributed by atoms with van der Waals surface area (Å²) in [5, 5.41) is 0.431. The van der Waals surface area contributed by atoms with Crippen LogP contribution in [0, 0.1) is 5.82 Å². The third-order valence-corrected chi connectivity index (χ3v) is 7.30. The standard InChI is InChI=1S/C28H25ClFN3O4S/c1-38(34,35)16-24(31)28-10-9-26(37-28)19-5-7-25-20(12-19)14-32-17-33(25)22-6-8-27(23(29)13-22)36-15-18-3-2-4-21(30)11-18/h2-14,24H,15-17,31H2,1H3. The Kier molecular flexibility index (Phi) is 7.25. The van der Waals surface area contributed by atoms with Crippen molar-refractivity contribution in [3.8, 4) is 17.1 Å². The highest BCUT2D eigenvalue weighted by atomic mass is 35.5. The zero-order valence-corrected chi connectivity index (χ0v) is 22.0. The van der Waals surface area contributed by atoms with Gasteiger partial charge < -0.3 is 19.8 Å². The summed E-state index contributed by atoms with van der Waals surface area (Å²) in [4.78, 5) is 6.52. The molecule has 0 radical (unpaired) electrons. The van der Waals surface area contributed by atoms with Gasteiger partial charge in [0.05, 0.1) is 22.5 Å². The van der Waals surface area contributed by atoms with Gasteiger partial charge in [0.15, 0.2) is 0 Å². The summed E-state index contributed by atoms with van der Waals surface area (Å²) in [5.74, 6) is 0.984. The highest BCUT2D eigenvalue weighted by molar-refractivity contribution is 7.90. The van der Waals surface area contributed by atoms with Crippen LogP contribution in [0.2, 0.25) is 5.02 Å². The second-order valence-corrected chi connectivity index (χ2v) is 11.7. The molecule has 1 atom stereocenters. The number of furan rings is 1. The number of rotatable bonds is 8. The van der Waals surface area contributed by atoms with Crippen molar-refractivity contribution in [2.45, 2.75) is 12.6 Å². The molecule has 10 heteroatoms. The summed E-state index contributed by atoms with van der Waals surface area (Å²) in [7, 11) is -3.23. The number of hydrogen-bond donors (Lipinski definition) is 1. The van der Waals surface area contributed by atoms with Crippen LogP contribution in [0.15, 0.2) is 82.2 Å². The largest absolute Gasteiger partial charge is 0.487 e. The Morgan fingerprint density at radius 3 is 2.74 bits per heavy atom.